The van der Waals surface area contributed by atoms with Crippen LogP contribution in [-0.2, 0) is 0 Å². The first kappa shape index (κ1) is 15.0. The van der Waals surface area contributed by atoms with Gasteiger partial charge in [-0.05, 0) is 38.1 Å². The highest BCUT2D eigenvalue weighted by Crippen LogP contribution is 2.22. The van der Waals surface area contributed by atoms with Crippen molar-refractivity contribution in [3.05, 3.63) is 29.6 Å². The first-order chi connectivity index (χ1) is 8.69. The Hall–Kier alpha value is -1.09. The molecule has 0 radical (unpaired) electrons. The van der Waals surface area contributed by atoms with E-state index < -0.39 is 0 Å². The number of unbranched alkanes of at least 4 members (excludes halogenated alkanes) is 3. The Morgan fingerprint density at radius 2 is 2.06 bits per heavy atom. The molecule has 0 saturated heterocycles. The molecule has 0 saturated carbocycles. The molecule has 0 bridgehead atoms. The number of rotatable bonds is 8. The fourth-order valence-electron chi connectivity index (χ4n) is 1.78. The normalized spacial score (nSPS) is 12.4. The highest BCUT2D eigenvalue weighted by Gasteiger charge is 2.08. The van der Waals surface area contributed by atoms with Crippen LogP contribution in [0.15, 0.2) is 18.2 Å². The van der Waals surface area contributed by atoms with E-state index >= 15 is 0 Å². The van der Waals surface area contributed by atoms with Gasteiger partial charge < -0.3 is 10.1 Å². The SMILES string of the molecule is CCCCCCOc1ccc(C(C)NC)cc1F. The van der Waals surface area contributed by atoms with Gasteiger partial charge in [-0.25, -0.2) is 4.39 Å². The summed E-state index contributed by atoms with van der Waals surface area (Å²) < 4.78 is 19.2. The zero-order chi connectivity index (χ0) is 13.4. The third kappa shape index (κ3) is 4.65. The lowest BCUT2D eigenvalue weighted by atomic mass is 10.1. The van der Waals surface area contributed by atoms with Gasteiger partial charge in [-0.2, -0.15) is 0 Å². The molecule has 0 aliphatic heterocycles. The molecule has 0 heterocycles. The number of hydrogen-bond acceptors (Lipinski definition) is 2. The molecule has 0 aliphatic rings. The van der Waals surface area contributed by atoms with Gasteiger partial charge in [0.05, 0.1) is 6.61 Å². The van der Waals surface area contributed by atoms with Crippen molar-refractivity contribution in [2.45, 2.75) is 45.6 Å². The molecule has 0 aliphatic carbocycles. The molecule has 0 aromatic heterocycles. The molecular weight excluding hydrogens is 229 g/mol. The standard InChI is InChI=1S/C15H24FNO/c1-4-5-6-7-10-18-15-9-8-13(11-14(15)16)12(2)17-3/h8-9,11-12,17H,4-7,10H2,1-3H3. The maximum Gasteiger partial charge on any atom is 0.165 e. The Balaban J connectivity index is 2.47. The van der Waals surface area contributed by atoms with Gasteiger partial charge in [0.2, 0.25) is 0 Å². The fourth-order valence-corrected chi connectivity index (χ4v) is 1.78. The minimum absolute atomic E-state index is 0.151. The molecule has 1 aromatic carbocycles. The predicted molar refractivity (Wildman–Crippen MR) is 73.5 cm³/mol. The third-order valence-corrected chi connectivity index (χ3v) is 3.14. The second kappa shape index (κ2) is 8.09. The predicted octanol–water partition coefficient (Wildman–Crippen LogP) is 4.07. The van der Waals surface area contributed by atoms with Gasteiger partial charge in [0.1, 0.15) is 0 Å². The van der Waals surface area contributed by atoms with Crippen molar-refractivity contribution in [3.8, 4) is 5.75 Å². The van der Waals surface area contributed by atoms with Crippen molar-refractivity contribution in [2.75, 3.05) is 13.7 Å². The lowest BCUT2D eigenvalue weighted by molar-refractivity contribution is 0.290. The van der Waals surface area contributed by atoms with Crippen molar-refractivity contribution in [3.63, 3.8) is 0 Å². The molecule has 0 amide bonds. The van der Waals surface area contributed by atoms with Crippen LogP contribution >= 0.6 is 0 Å². The Labute approximate surface area is 110 Å². The minimum Gasteiger partial charge on any atom is -0.491 e. The monoisotopic (exact) mass is 253 g/mol. The Morgan fingerprint density at radius 1 is 1.28 bits per heavy atom. The molecule has 2 nitrogen and oxygen atoms in total. The molecular formula is C15H24FNO. The van der Waals surface area contributed by atoms with E-state index in [2.05, 4.69) is 12.2 Å². The molecule has 1 rings (SSSR count). The number of halogens is 1. The van der Waals surface area contributed by atoms with E-state index in [9.17, 15) is 4.39 Å². The first-order valence-corrected chi connectivity index (χ1v) is 6.78. The van der Waals surface area contributed by atoms with Gasteiger partial charge in [-0.15, -0.1) is 0 Å². The Bertz CT molecular complexity index is 354. The van der Waals surface area contributed by atoms with E-state index in [1.807, 2.05) is 20.0 Å². The van der Waals surface area contributed by atoms with E-state index in [1.165, 1.54) is 12.8 Å². The van der Waals surface area contributed by atoms with Gasteiger partial charge in [0, 0.05) is 6.04 Å². The number of ether oxygens (including phenoxy) is 1. The quantitative estimate of drug-likeness (QED) is 0.705. The van der Waals surface area contributed by atoms with Crippen LogP contribution in [0.4, 0.5) is 4.39 Å². The Morgan fingerprint density at radius 3 is 2.67 bits per heavy atom. The van der Waals surface area contributed by atoms with Gasteiger partial charge in [-0.1, -0.05) is 32.3 Å². The topological polar surface area (TPSA) is 21.3 Å². The van der Waals surface area contributed by atoms with E-state index in [1.54, 1.807) is 12.1 Å². The molecule has 1 N–H and O–H groups in total. The lowest BCUT2D eigenvalue weighted by Crippen LogP contribution is -2.12. The van der Waals surface area contributed by atoms with Gasteiger partial charge >= 0.3 is 0 Å². The number of nitrogens with one attached hydrogen (secondary N) is 1. The smallest absolute Gasteiger partial charge is 0.165 e. The summed E-state index contributed by atoms with van der Waals surface area (Å²) in [4.78, 5) is 0. The maximum absolute atomic E-state index is 13.8. The van der Waals surface area contributed by atoms with E-state index in [0.29, 0.717) is 12.4 Å². The maximum atomic E-state index is 13.8. The third-order valence-electron chi connectivity index (χ3n) is 3.14. The Kier molecular flexibility index (Phi) is 6.73. The van der Waals surface area contributed by atoms with Gasteiger partial charge in [-0.3, -0.25) is 0 Å². The van der Waals surface area contributed by atoms with E-state index in [-0.39, 0.29) is 11.9 Å². The number of hydrogen-bond donors (Lipinski definition) is 1. The molecule has 1 aromatic rings. The van der Waals surface area contributed by atoms with Crippen molar-refractivity contribution < 1.29 is 9.13 Å². The zero-order valence-corrected chi connectivity index (χ0v) is 11.6. The van der Waals surface area contributed by atoms with Crippen LogP contribution in [0.3, 0.4) is 0 Å². The van der Waals surface area contributed by atoms with Crippen molar-refractivity contribution in [2.24, 2.45) is 0 Å². The molecule has 1 atom stereocenters. The van der Waals surface area contributed by atoms with E-state index in [4.69, 9.17) is 4.74 Å². The summed E-state index contributed by atoms with van der Waals surface area (Å²) >= 11 is 0. The first-order valence-electron chi connectivity index (χ1n) is 6.78. The highest BCUT2D eigenvalue weighted by atomic mass is 19.1. The van der Waals surface area contributed by atoms with Crippen molar-refractivity contribution >= 4 is 0 Å². The fraction of sp³-hybridized carbons (Fsp3) is 0.600. The highest BCUT2D eigenvalue weighted by molar-refractivity contribution is 5.30. The van der Waals surface area contributed by atoms with Gasteiger partial charge in [0.15, 0.2) is 11.6 Å². The van der Waals surface area contributed by atoms with Crippen molar-refractivity contribution in [1.82, 2.24) is 5.32 Å². The summed E-state index contributed by atoms with van der Waals surface area (Å²) in [5.41, 5.74) is 0.938. The molecule has 0 spiro atoms. The van der Waals surface area contributed by atoms with Crippen molar-refractivity contribution in [1.29, 1.82) is 0 Å². The van der Waals surface area contributed by atoms with Crippen LogP contribution in [0, 0.1) is 5.82 Å². The van der Waals surface area contributed by atoms with Crippen LogP contribution in [0.25, 0.3) is 0 Å². The molecule has 1 unspecified atom stereocenters. The summed E-state index contributed by atoms with van der Waals surface area (Å²) in [6, 6.07) is 5.32. The van der Waals surface area contributed by atoms with Crippen LogP contribution in [0.2, 0.25) is 0 Å². The zero-order valence-electron chi connectivity index (χ0n) is 11.6. The molecule has 102 valence electrons. The average molecular weight is 253 g/mol. The second-order valence-corrected chi connectivity index (χ2v) is 4.61. The minimum atomic E-state index is -0.273. The van der Waals surface area contributed by atoms with Crippen LogP contribution in [0.5, 0.6) is 5.75 Å². The molecule has 0 fully saturated rings. The number of benzene rings is 1. The summed E-state index contributed by atoms with van der Waals surface area (Å²) in [5, 5.41) is 3.09. The summed E-state index contributed by atoms with van der Waals surface area (Å²) in [6.07, 6.45) is 4.55. The van der Waals surface area contributed by atoms with Crippen LogP contribution in [0.1, 0.15) is 51.1 Å². The lowest BCUT2D eigenvalue weighted by Gasteiger charge is -2.12. The second-order valence-electron chi connectivity index (χ2n) is 4.61. The van der Waals surface area contributed by atoms with Crippen LogP contribution in [-0.4, -0.2) is 13.7 Å². The summed E-state index contributed by atoms with van der Waals surface area (Å²) in [7, 11) is 1.86. The molecule has 18 heavy (non-hydrogen) atoms. The summed E-state index contributed by atoms with van der Waals surface area (Å²) in [6.45, 7) is 4.76. The van der Waals surface area contributed by atoms with Gasteiger partial charge in [0.25, 0.3) is 0 Å². The average Bonchev–Trinajstić information content (AvgIpc) is 2.39. The largest absolute Gasteiger partial charge is 0.491 e. The summed E-state index contributed by atoms with van der Waals surface area (Å²) in [5.74, 6) is 0.0867. The van der Waals surface area contributed by atoms with E-state index in [0.717, 1.165) is 18.4 Å². The van der Waals surface area contributed by atoms with Crippen LogP contribution < -0.4 is 10.1 Å². The molecule has 3 heteroatoms.